The molecule has 1 atom stereocenters. The molecule has 1 unspecified atom stereocenters. The van der Waals surface area contributed by atoms with Crippen molar-refractivity contribution in [1.82, 2.24) is 4.90 Å². The van der Waals surface area contributed by atoms with Crippen LogP contribution in [0.25, 0.3) is 0 Å². The van der Waals surface area contributed by atoms with Crippen molar-refractivity contribution in [2.45, 2.75) is 25.3 Å². The molecule has 1 aliphatic carbocycles. The Morgan fingerprint density at radius 2 is 2.26 bits per heavy atom. The zero-order valence-corrected chi connectivity index (χ0v) is 15.5. The summed E-state index contributed by atoms with van der Waals surface area (Å²) in [6, 6.07) is 8.01. The van der Waals surface area contributed by atoms with Gasteiger partial charge in [-0.25, -0.2) is 0 Å². The van der Waals surface area contributed by atoms with Crippen molar-refractivity contribution >= 4 is 41.5 Å². The summed E-state index contributed by atoms with van der Waals surface area (Å²) in [5.74, 6) is 1.67. The van der Waals surface area contributed by atoms with Gasteiger partial charge in [-0.15, -0.1) is 24.0 Å². The van der Waals surface area contributed by atoms with Crippen LogP contribution in [0.15, 0.2) is 29.3 Å². The molecule has 23 heavy (non-hydrogen) atoms. The number of anilines is 1. The standard InChI is InChI=1S/C16H22N4O2.HI/c1-22-14-4-2-3-12(8-14)19-16(17)18-9-11-7-15(21)20(10-11)13-5-6-13;/h2-4,8,11,13H,5-7,9-10H2,1H3,(H3,17,18,19);1H. The molecule has 1 aromatic carbocycles. The van der Waals surface area contributed by atoms with Crippen LogP contribution in [0.5, 0.6) is 5.75 Å². The van der Waals surface area contributed by atoms with Crippen molar-refractivity contribution in [1.29, 1.82) is 0 Å². The third-order valence-corrected chi connectivity index (χ3v) is 4.09. The Hall–Kier alpha value is -1.51. The second-order valence-corrected chi connectivity index (χ2v) is 5.93. The van der Waals surface area contributed by atoms with Gasteiger partial charge in [0.15, 0.2) is 5.96 Å². The summed E-state index contributed by atoms with van der Waals surface area (Å²) in [5, 5.41) is 3.05. The number of halogens is 1. The number of ether oxygens (including phenoxy) is 1. The number of hydrogen-bond acceptors (Lipinski definition) is 3. The van der Waals surface area contributed by atoms with Gasteiger partial charge < -0.3 is 20.7 Å². The van der Waals surface area contributed by atoms with Crippen LogP contribution in [-0.4, -0.2) is 43.0 Å². The lowest BCUT2D eigenvalue weighted by Crippen LogP contribution is -2.28. The fourth-order valence-corrected chi connectivity index (χ4v) is 2.79. The van der Waals surface area contributed by atoms with E-state index in [4.69, 9.17) is 10.5 Å². The molecule has 6 nitrogen and oxygen atoms in total. The number of nitrogens with two attached hydrogens (primary N) is 1. The lowest BCUT2D eigenvalue weighted by molar-refractivity contribution is -0.128. The minimum absolute atomic E-state index is 0. The monoisotopic (exact) mass is 430 g/mol. The van der Waals surface area contributed by atoms with Crippen molar-refractivity contribution < 1.29 is 9.53 Å². The maximum atomic E-state index is 11.9. The molecule has 7 heteroatoms. The summed E-state index contributed by atoms with van der Waals surface area (Å²) in [6.45, 7) is 1.40. The normalized spacial score (nSPS) is 21.1. The number of nitrogens with zero attached hydrogens (tertiary/aromatic N) is 2. The predicted octanol–water partition coefficient (Wildman–Crippen LogP) is 2.05. The number of guanidine groups is 1. The molecule has 3 rings (SSSR count). The molecule has 2 fully saturated rings. The van der Waals surface area contributed by atoms with E-state index >= 15 is 0 Å². The summed E-state index contributed by atoms with van der Waals surface area (Å²) < 4.78 is 5.17. The molecule has 126 valence electrons. The van der Waals surface area contributed by atoms with Gasteiger partial charge in [0.2, 0.25) is 5.91 Å². The minimum Gasteiger partial charge on any atom is -0.497 e. The highest BCUT2D eigenvalue weighted by Gasteiger charge is 2.39. The smallest absolute Gasteiger partial charge is 0.223 e. The highest BCUT2D eigenvalue weighted by Crippen LogP contribution is 2.32. The average Bonchev–Trinajstić information content (AvgIpc) is 3.29. The van der Waals surface area contributed by atoms with Crippen LogP contribution in [0.4, 0.5) is 5.69 Å². The van der Waals surface area contributed by atoms with E-state index in [2.05, 4.69) is 10.3 Å². The molecule has 0 aromatic heterocycles. The lowest BCUT2D eigenvalue weighted by atomic mass is 10.1. The van der Waals surface area contributed by atoms with Crippen molar-refractivity contribution in [3.05, 3.63) is 24.3 Å². The fourth-order valence-electron chi connectivity index (χ4n) is 2.79. The van der Waals surface area contributed by atoms with Crippen LogP contribution in [0, 0.1) is 5.92 Å². The van der Waals surface area contributed by atoms with Crippen LogP contribution in [0.2, 0.25) is 0 Å². The number of aliphatic imine (C=N–C) groups is 1. The summed E-state index contributed by atoms with van der Waals surface area (Å²) in [6.07, 6.45) is 2.90. The quantitative estimate of drug-likeness (QED) is 0.426. The van der Waals surface area contributed by atoms with Crippen molar-refractivity contribution in [2.75, 3.05) is 25.5 Å². The third-order valence-electron chi connectivity index (χ3n) is 4.09. The number of benzene rings is 1. The molecule has 0 radical (unpaired) electrons. The molecule has 1 saturated carbocycles. The second kappa shape index (κ2) is 7.85. The Bertz CT molecular complexity index is 589. The maximum Gasteiger partial charge on any atom is 0.223 e. The number of likely N-dealkylation sites (tertiary alicyclic amines) is 1. The summed E-state index contributed by atoms with van der Waals surface area (Å²) in [7, 11) is 1.62. The molecule has 1 heterocycles. The van der Waals surface area contributed by atoms with E-state index in [1.165, 1.54) is 0 Å². The number of nitrogens with one attached hydrogen (secondary N) is 1. The van der Waals surface area contributed by atoms with E-state index in [1.807, 2.05) is 29.2 Å². The molecule has 1 amide bonds. The Morgan fingerprint density at radius 3 is 2.96 bits per heavy atom. The van der Waals surface area contributed by atoms with E-state index in [1.54, 1.807) is 7.11 Å². The van der Waals surface area contributed by atoms with E-state index in [0.29, 0.717) is 25.0 Å². The van der Waals surface area contributed by atoms with Gasteiger partial charge in [-0.2, -0.15) is 0 Å². The summed E-state index contributed by atoms with van der Waals surface area (Å²) in [5.41, 5.74) is 6.75. The summed E-state index contributed by atoms with van der Waals surface area (Å²) in [4.78, 5) is 18.3. The van der Waals surface area contributed by atoms with Gasteiger partial charge in [-0.1, -0.05) is 6.07 Å². The minimum atomic E-state index is 0. The first-order valence-corrected chi connectivity index (χ1v) is 7.66. The van der Waals surface area contributed by atoms with Gasteiger partial charge in [0.25, 0.3) is 0 Å². The molecule has 1 aliphatic heterocycles. The zero-order chi connectivity index (χ0) is 15.5. The van der Waals surface area contributed by atoms with Crippen LogP contribution >= 0.6 is 24.0 Å². The predicted molar refractivity (Wildman–Crippen MR) is 101 cm³/mol. The highest BCUT2D eigenvalue weighted by molar-refractivity contribution is 14.0. The molecule has 1 aromatic rings. The van der Waals surface area contributed by atoms with Gasteiger partial charge >= 0.3 is 0 Å². The second-order valence-electron chi connectivity index (χ2n) is 5.93. The van der Waals surface area contributed by atoms with Crippen molar-refractivity contribution in [2.24, 2.45) is 16.6 Å². The molecule has 2 aliphatic rings. The Balaban J connectivity index is 0.00000192. The summed E-state index contributed by atoms with van der Waals surface area (Å²) >= 11 is 0. The molecule has 0 spiro atoms. The molecular formula is C16H23IN4O2. The first-order valence-electron chi connectivity index (χ1n) is 7.66. The first-order chi connectivity index (χ1) is 10.7. The Labute approximate surface area is 153 Å². The highest BCUT2D eigenvalue weighted by atomic mass is 127. The van der Waals surface area contributed by atoms with E-state index in [9.17, 15) is 4.79 Å². The lowest BCUT2D eigenvalue weighted by Gasteiger charge is -2.14. The average molecular weight is 430 g/mol. The molecule has 1 saturated heterocycles. The van der Waals surface area contributed by atoms with Crippen LogP contribution in [-0.2, 0) is 4.79 Å². The van der Waals surface area contributed by atoms with Gasteiger partial charge in [0.1, 0.15) is 5.75 Å². The fraction of sp³-hybridized carbons (Fsp3) is 0.500. The van der Waals surface area contributed by atoms with Crippen LogP contribution in [0.1, 0.15) is 19.3 Å². The van der Waals surface area contributed by atoms with Crippen molar-refractivity contribution in [3.63, 3.8) is 0 Å². The maximum absolute atomic E-state index is 11.9. The Morgan fingerprint density at radius 1 is 1.48 bits per heavy atom. The van der Waals surface area contributed by atoms with Crippen LogP contribution < -0.4 is 15.8 Å². The van der Waals surface area contributed by atoms with Crippen LogP contribution in [0.3, 0.4) is 0 Å². The molecule has 0 bridgehead atoms. The molecular weight excluding hydrogens is 407 g/mol. The van der Waals surface area contributed by atoms with E-state index in [0.717, 1.165) is 30.8 Å². The number of amides is 1. The SMILES string of the molecule is COc1cccc(NC(N)=NCC2CC(=O)N(C3CC3)C2)c1.I. The van der Waals surface area contributed by atoms with E-state index in [-0.39, 0.29) is 35.8 Å². The topological polar surface area (TPSA) is 80.0 Å². The first kappa shape index (κ1) is 17.8. The van der Waals surface area contributed by atoms with Gasteiger partial charge in [0, 0.05) is 43.2 Å². The van der Waals surface area contributed by atoms with Gasteiger partial charge in [-0.05, 0) is 25.0 Å². The number of hydrogen-bond donors (Lipinski definition) is 2. The largest absolute Gasteiger partial charge is 0.497 e. The third kappa shape index (κ3) is 4.73. The Kier molecular flexibility index (Phi) is 6.09. The van der Waals surface area contributed by atoms with Gasteiger partial charge in [-0.3, -0.25) is 9.79 Å². The van der Waals surface area contributed by atoms with Gasteiger partial charge in [0.05, 0.1) is 7.11 Å². The number of rotatable bonds is 5. The number of carbonyl (C=O) groups is 1. The zero-order valence-electron chi connectivity index (χ0n) is 13.2. The van der Waals surface area contributed by atoms with Crippen molar-refractivity contribution in [3.8, 4) is 5.75 Å². The van der Waals surface area contributed by atoms with E-state index < -0.39 is 0 Å². The number of carbonyl (C=O) groups excluding carboxylic acids is 1. The number of methoxy groups -OCH3 is 1. The molecule has 3 N–H and O–H groups in total.